The van der Waals surface area contributed by atoms with E-state index in [2.05, 4.69) is 76.4 Å². The molecule has 0 aliphatic heterocycles. The quantitative estimate of drug-likeness (QED) is 0.168. The van der Waals surface area contributed by atoms with E-state index >= 15 is 0 Å². The summed E-state index contributed by atoms with van der Waals surface area (Å²) in [5.74, 6) is 0.693. The van der Waals surface area contributed by atoms with Crippen LogP contribution in [-0.2, 0) is 35.2 Å². The number of hydrogen-bond acceptors (Lipinski definition) is 4. The molecule has 3 aromatic carbocycles. The predicted molar refractivity (Wildman–Crippen MR) is 156 cm³/mol. The summed E-state index contributed by atoms with van der Waals surface area (Å²) in [7, 11) is 0. The van der Waals surface area contributed by atoms with Crippen LogP contribution < -0.4 is 4.74 Å². The van der Waals surface area contributed by atoms with Crippen molar-refractivity contribution in [3.05, 3.63) is 126 Å². The molecule has 5 rings (SSSR count). The first-order chi connectivity index (χ1) is 19.2. The van der Waals surface area contributed by atoms with E-state index in [0.29, 0.717) is 26.1 Å². The molecule has 0 radical (unpaired) electrons. The second-order valence-corrected chi connectivity index (χ2v) is 9.58. The van der Waals surface area contributed by atoms with Crippen LogP contribution in [0.3, 0.4) is 0 Å². The minimum Gasteiger partial charge on any atom is -0.493 e. The van der Waals surface area contributed by atoms with E-state index in [4.69, 9.17) is 9.47 Å². The number of rotatable bonds is 12. The van der Waals surface area contributed by atoms with Crippen LogP contribution in [0.1, 0.15) is 35.7 Å². The molecular formula is C34H34N2O3. The van der Waals surface area contributed by atoms with Crippen LogP contribution >= 0.6 is 0 Å². The van der Waals surface area contributed by atoms with Gasteiger partial charge in [-0.3, -0.25) is 9.78 Å². The van der Waals surface area contributed by atoms with Gasteiger partial charge in [0.05, 0.1) is 18.7 Å². The Bertz CT molecular complexity index is 1490. The van der Waals surface area contributed by atoms with Crippen molar-refractivity contribution in [2.24, 2.45) is 0 Å². The van der Waals surface area contributed by atoms with Crippen molar-refractivity contribution in [1.82, 2.24) is 9.55 Å². The summed E-state index contributed by atoms with van der Waals surface area (Å²) in [6.45, 7) is 2.84. The molecule has 0 unspecified atom stereocenters. The number of aryl methyl sites for hydroxylation is 3. The Morgan fingerprint density at radius 3 is 2.41 bits per heavy atom. The predicted octanol–water partition coefficient (Wildman–Crippen LogP) is 6.93. The molecule has 0 spiro atoms. The van der Waals surface area contributed by atoms with Crippen LogP contribution in [0.4, 0.5) is 0 Å². The third-order valence-electron chi connectivity index (χ3n) is 6.87. The first-order valence-electron chi connectivity index (χ1n) is 13.6. The average Bonchev–Trinajstić information content (AvgIpc) is 3.34. The summed E-state index contributed by atoms with van der Waals surface area (Å²) in [5.41, 5.74) is 7.03. The van der Waals surface area contributed by atoms with Gasteiger partial charge in [-0.1, -0.05) is 42.5 Å². The van der Waals surface area contributed by atoms with Gasteiger partial charge in [-0.2, -0.15) is 0 Å². The van der Waals surface area contributed by atoms with Crippen LogP contribution in [0, 0.1) is 0 Å². The highest BCUT2D eigenvalue weighted by atomic mass is 16.5. The van der Waals surface area contributed by atoms with Gasteiger partial charge in [0, 0.05) is 42.0 Å². The van der Waals surface area contributed by atoms with E-state index in [0.717, 1.165) is 47.5 Å². The number of pyridine rings is 1. The third-order valence-corrected chi connectivity index (χ3v) is 6.87. The van der Waals surface area contributed by atoms with Gasteiger partial charge in [0.2, 0.25) is 0 Å². The van der Waals surface area contributed by atoms with Crippen molar-refractivity contribution < 1.29 is 14.3 Å². The van der Waals surface area contributed by atoms with Crippen molar-refractivity contribution in [3.63, 3.8) is 0 Å². The van der Waals surface area contributed by atoms with Gasteiger partial charge in [0.25, 0.3) is 0 Å². The highest BCUT2D eigenvalue weighted by molar-refractivity contribution is 5.86. The normalized spacial score (nSPS) is 11.0. The van der Waals surface area contributed by atoms with E-state index in [1.54, 1.807) is 0 Å². The number of aromatic nitrogens is 2. The molecule has 0 aliphatic carbocycles. The van der Waals surface area contributed by atoms with Crippen LogP contribution in [-0.4, -0.2) is 28.7 Å². The summed E-state index contributed by atoms with van der Waals surface area (Å²) >= 11 is 0. The number of hydrogen-bond donors (Lipinski definition) is 0. The lowest BCUT2D eigenvalue weighted by molar-refractivity contribution is -0.143. The molecule has 0 saturated carbocycles. The standard InChI is InChI=1S/C34H34N2O3/c1-2-38-34(37)20-13-27-12-19-33-32(24-27)28(14-11-26-8-4-3-5-9-26)25-36(33)30-15-17-31(18-16-30)39-23-21-29-10-6-7-22-35-29/h3-10,12,15-19,22,24-25H,2,11,13-14,20-21,23H2,1H3. The van der Waals surface area contributed by atoms with Gasteiger partial charge in [0.1, 0.15) is 5.75 Å². The Balaban J connectivity index is 1.35. The minimum atomic E-state index is -0.151. The maximum absolute atomic E-state index is 11.9. The van der Waals surface area contributed by atoms with Gasteiger partial charge in [0.15, 0.2) is 0 Å². The Hall–Kier alpha value is -4.38. The van der Waals surface area contributed by atoms with E-state index < -0.39 is 0 Å². The van der Waals surface area contributed by atoms with E-state index in [9.17, 15) is 4.79 Å². The summed E-state index contributed by atoms with van der Waals surface area (Å²) < 4.78 is 13.4. The zero-order chi connectivity index (χ0) is 26.9. The van der Waals surface area contributed by atoms with Crippen LogP contribution in [0.15, 0.2) is 103 Å². The number of fused-ring (bicyclic) bond motifs is 1. The lowest BCUT2D eigenvalue weighted by atomic mass is 10.0. The zero-order valence-electron chi connectivity index (χ0n) is 22.4. The fraction of sp³-hybridized carbons (Fsp3) is 0.235. The molecule has 5 nitrogen and oxygen atoms in total. The average molecular weight is 519 g/mol. The van der Waals surface area contributed by atoms with Crippen molar-refractivity contribution in [1.29, 1.82) is 0 Å². The molecule has 2 aromatic heterocycles. The molecule has 2 heterocycles. The second-order valence-electron chi connectivity index (χ2n) is 9.58. The summed E-state index contributed by atoms with van der Waals surface area (Å²) in [6, 6.07) is 31.3. The van der Waals surface area contributed by atoms with Gasteiger partial charge in [-0.15, -0.1) is 0 Å². The number of carbonyl (C=O) groups excluding carboxylic acids is 1. The Kier molecular flexibility index (Phi) is 8.69. The summed E-state index contributed by atoms with van der Waals surface area (Å²) in [4.78, 5) is 16.3. The molecule has 0 amide bonds. The van der Waals surface area contributed by atoms with Crippen LogP contribution in [0.25, 0.3) is 16.6 Å². The molecule has 0 bridgehead atoms. The van der Waals surface area contributed by atoms with E-state index in [-0.39, 0.29) is 5.97 Å². The smallest absolute Gasteiger partial charge is 0.306 e. The Morgan fingerprint density at radius 2 is 1.64 bits per heavy atom. The van der Waals surface area contributed by atoms with E-state index in [1.165, 1.54) is 16.5 Å². The fourth-order valence-electron chi connectivity index (χ4n) is 4.84. The molecular weight excluding hydrogens is 484 g/mol. The van der Waals surface area contributed by atoms with Gasteiger partial charge in [-0.05, 0) is 91.4 Å². The molecule has 0 atom stereocenters. The number of esters is 1. The highest BCUT2D eigenvalue weighted by Crippen LogP contribution is 2.29. The first kappa shape index (κ1) is 26.2. The maximum atomic E-state index is 11.9. The lowest BCUT2D eigenvalue weighted by Crippen LogP contribution is -2.05. The second kappa shape index (κ2) is 12.9. The lowest BCUT2D eigenvalue weighted by Gasteiger charge is -2.09. The van der Waals surface area contributed by atoms with Crippen LogP contribution in [0.2, 0.25) is 0 Å². The monoisotopic (exact) mass is 518 g/mol. The first-order valence-corrected chi connectivity index (χ1v) is 13.6. The topological polar surface area (TPSA) is 53.4 Å². The third kappa shape index (κ3) is 6.94. The molecule has 39 heavy (non-hydrogen) atoms. The number of ether oxygens (including phenoxy) is 2. The van der Waals surface area contributed by atoms with Crippen molar-refractivity contribution >= 4 is 16.9 Å². The summed E-state index contributed by atoms with van der Waals surface area (Å²) in [5, 5.41) is 1.22. The molecule has 0 fully saturated rings. The fourth-order valence-corrected chi connectivity index (χ4v) is 4.84. The van der Waals surface area contributed by atoms with E-state index in [1.807, 2.05) is 43.5 Å². The highest BCUT2D eigenvalue weighted by Gasteiger charge is 2.12. The number of benzene rings is 3. The largest absolute Gasteiger partial charge is 0.493 e. The van der Waals surface area contributed by atoms with Crippen molar-refractivity contribution in [3.8, 4) is 11.4 Å². The van der Waals surface area contributed by atoms with Crippen molar-refractivity contribution in [2.75, 3.05) is 13.2 Å². The molecule has 0 saturated heterocycles. The molecule has 5 heteroatoms. The van der Waals surface area contributed by atoms with Gasteiger partial charge in [-0.25, -0.2) is 0 Å². The zero-order valence-corrected chi connectivity index (χ0v) is 22.4. The molecule has 198 valence electrons. The Morgan fingerprint density at radius 1 is 0.821 bits per heavy atom. The van der Waals surface area contributed by atoms with Crippen molar-refractivity contribution in [2.45, 2.75) is 39.0 Å². The molecule has 0 N–H and O–H groups in total. The Labute approximate surface area is 230 Å². The molecule has 0 aliphatic rings. The van der Waals surface area contributed by atoms with Gasteiger partial charge >= 0.3 is 5.97 Å². The maximum Gasteiger partial charge on any atom is 0.306 e. The SMILES string of the molecule is CCOC(=O)CCc1ccc2c(c1)c(CCc1ccccc1)cn2-c1ccc(OCCc2ccccn2)cc1. The molecule has 5 aromatic rings. The number of carbonyl (C=O) groups is 1. The van der Waals surface area contributed by atoms with Crippen LogP contribution in [0.5, 0.6) is 5.75 Å². The minimum absolute atomic E-state index is 0.151. The van der Waals surface area contributed by atoms with Gasteiger partial charge < -0.3 is 14.0 Å². The number of nitrogens with zero attached hydrogens (tertiary/aromatic N) is 2. The summed E-state index contributed by atoms with van der Waals surface area (Å²) in [6.07, 6.45) is 7.79.